The van der Waals surface area contributed by atoms with Gasteiger partial charge in [0.15, 0.2) is 0 Å². The van der Waals surface area contributed by atoms with Gasteiger partial charge < -0.3 is 10.2 Å². The molecule has 2 heterocycles. The highest BCUT2D eigenvalue weighted by Crippen LogP contribution is 2.23. The van der Waals surface area contributed by atoms with Crippen molar-refractivity contribution >= 4 is 15.9 Å². The molecule has 3 fully saturated rings. The monoisotopic (exact) mass is 378 g/mol. The van der Waals surface area contributed by atoms with Crippen LogP contribution in [0.25, 0.3) is 0 Å². The van der Waals surface area contributed by atoms with Gasteiger partial charge in [-0.25, -0.2) is 13.1 Å². The minimum Gasteiger partial charge on any atom is -0.337 e. The molecule has 1 atom stereocenters. The van der Waals surface area contributed by atoms with Gasteiger partial charge in [-0.05, 0) is 37.5 Å². The Labute approximate surface area is 154 Å². The molecule has 0 bridgehead atoms. The topological polar surface area (TPSA) is 81.8 Å². The Morgan fingerprint density at radius 2 is 1.88 bits per heavy atom. The lowest BCUT2D eigenvalue weighted by molar-refractivity contribution is 0.0773. The fraction of sp³-hybridized carbons (Fsp3) is 0.611. The molecule has 1 unspecified atom stereocenters. The van der Waals surface area contributed by atoms with Gasteiger partial charge in [0.1, 0.15) is 0 Å². The zero-order chi connectivity index (χ0) is 18.1. The Kier molecular flexibility index (Phi) is 5.00. The van der Waals surface area contributed by atoms with Crippen LogP contribution in [0.5, 0.6) is 0 Å². The molecule has 1 aromatic carbocycles. The summed E-state index contributed by atoms with van der Waals surface area (Å²) in [5.41, 5.74) is 0.449. The van der Waals surface area contributed by atoms with Crippen molar-refractivity contribution in [1.29, 1.82) is 0 Å². The van der Waals surface area contributed by atoms with Crippen LogP contribution in [-0.2, 0) is 10.0 Å². The summed E-state index contributed by atoms with van der Waals surface area (Å²) in [5, 5.41) is 3.35. The summed E-state index contributed by atoms with van der Waals surface area (Å²) in [6, 6.07) is 6.87. The molecule has 26 heavy (non-hydrogen) atoms. The number of benzene rings is 1. The van der Waals surface area contributed by atoms with Crippen LogP contribution in [0, 0.1) is 0 Å². The zero-order valence-corrected chi connectivity index (χ0v) is 15.7. The van der Waals surface area contributed by atoms with E-state index in [1.165, 1.54) is 6.07 Å². The second-order valence-corrected chi connectivity index (χ2v) is 9.12. The standard InChI is InChI=1S/C18H26N4O3S/c23-18(22-9-6-16(13-22)21-10-7-19-8-11-21)14-2-1-3-17(12-14)26(24,25)20-15-4-5-15/h1-3,12,15-16,19-20H,4-11,13H2. The molecule has 0 radical (unpaired) electrons. The average Bonchev–Trinajstić information content (AvgIpc) is 3.32. The van der Waals surface area contributed by atoms with Crippen LogP contribution >= 0.6 is 0 Å². The summed E-state index contributed by atoms with van der Waals surface area (Å²) in [4.78, 5) is 17.3. The molecule has 1 aliphatic carbocycles. The van der Waals surface area contributed by atoms with E-state index in [-0.39, 0.29) is 16.8 Å². The first-order chi connectivity index (χ1) is 12.5. The number of nitrogens with one attached hydrogen (secondary N) is 2. The van der Waals surface area contributed by atoms with Gasteiger partial charge in [0.25, 0.3) is 5.91 Å². The summed E-state index contributed by atoms with van der Waals surface area (Å²) in [7, 11) is -3.54. The summed E-state index contributed by atoms with van der Waals surface area (Å²) < 4.78 is 27.4. The number of nitrogens with zero attached hydrogens (tertiary/aromatic N) is 2. The van der Waals surface area contributed by atoms with Gasteiger partial charge in [0, 0.05) is 56.9 Å². The quantitative estimate of drug-likeness (QED) is 0.768. The Morgan fingerprint density at radius 1 is 1.12 bits per heavy atom. The Balaban J connectivity index is 1.44. The second-order valence-electron chi connectivity index (χ2n) is 7.40. The van der Waals surface area contributed by atoms with Crippen LogP contribution in [0.4, 0.5) is 0 Å². The van der Waals surface area contributed by atoms with Gasteiger partial charge in [-0.15, -0.1) is 0 Å². The first-order valence-electron chi connectivity index (χ1n) is 9.39. The van der Waals surface area contributed by atoms with Gasteiger partial charge in [-0.2, -0.15) is 0 Å². The fourth-order valence-electron chi connectivity index (χ4n) is 3.74. The molecular formula is C18H26N4O3S. The highest BCUT2D eigenvalue weighted by molar-refractivity contribution is 7.89. The zero-order valence-electron chi connectivity index (χ0n) is 14.9. The minimum atomic E-state index is -3.54. The van der Waals surface area contributed by atoms with Crippen molar-refractivity contribution in [3.63, 3.8) is 0 Å². The number of piperazine rings is 1. The van der Waals surface area contributed by atoms with E-state index in [2.05, 4.69) is 14.9 Å². The molecular weight excluding hydrogens is 352 g/mol. The molecule has 1 amide bonds. The molecule has 1 saturated carbocycles. The van der Waals surface area contributed by atoms with Gasteiger partial charge in [0.05, 0.1) is 4.90 Å². The van der Waals surface area contributed by atoms with Crippen molar-refractivity contribution in [2.24, 2.45) is 0 Å². The smallest absolute Gasteiger partial charge is 0.253 e. The number of sulfonamides is 1. The van der Waals surface area contributed by atoms with Crippen molar-refractivity contribution < 1.29 is 13.2 Å². The highest BCUT2D eigenvalue weighted by atomic mass is 32.2. The molecule has 2 N–H and O–H groups in total. The number of amides is 1. The third-order valence-corrected chi connectivity index (χ3v) is 6.93. The third-order valence-electron chi connectivity index (χ3n) is 5.41. The van der Waals surface area contributed by atoms with E-state index >= 15 is 0 Å². The predicted octanol–water partition coefficient (Wildman–Crippen LogP) is 0.247. The maximum absolute atomic E-state index is 12.9. The maximum atomic E-state index is 12.9. The molecule has 1 aromatic rings. The van der Waals surface area contributed by atoms with Crippen LogP contribution in [0.2, 0.25) is 0 Å². The number of rotatable bonds is 5. The number of likely N-dealkylation sites (tertiary alicyclic amines) is 1. The van der Waals surface area contributed by atoms with Gasteiger partial charge in [-0.3, -0.25) is 9.69 Å². The van der Waals surface area contributed by atoms with E-state index in [0.717, 1.165) is 58.5 Å². The fourth-order valence-corrected chi connectivity index (χ4v) is 5.09. The SMILES string of the molecule is O=C(c1cccc(S(=O)(=O)NC2CC2)c1)N1CCC(N2CCNCC2)C1. The Hall–Kier alpha value is -1.48. The summed E-state index contributed by atoms with van der Waals surface area (Å²) >= 11 is 0. The third kappa shape index (κ3) is 3.93. The number of hydrogen-bond acceptors (Lipinski definition) is 5. The van der Waals surface area contributed by atoms with Crippen LogP contribution in [0.1, 0.15) is 29.6 Å². The van der Waals surface area contributed by atoms with Crippen LogP contribution in [0.15, 0.2) is 29.2 Å². The van der Waals surface area contributed by atoms with Crippen LogP contribution in [-0.4, -0.2) is 75.5 Å². The molecule has 4 rings (SSSR count). The first kappa shape index (κ1) is 17.9. The Morgan fingerprint density at radius 3 is 2.62 bits per heavy atom. The van der Waals surface area contributed by atoms with Crippen LogP contribution < -0.4 is 10.0 Å². The Bertz CT molecular complexity index is 772. The number of hydrogen-bond donors (Lipinski definition) is 2. The van der Waals surface area contributed by atoms with Gasteiger partial charge in [-0.1, -0.05) is 6.07 Å². The van der Waals surface area contributed by atoms with E-state index in [4.69, 9.17) is 0 Å². The lowest BCUT2D eigenvalue weighted by atomic mass is 10.2. The summed E-state index contributed by atoms with van der Waals surface area (Å²) in [6.07, 6.45) is 2.75. The van der Waals surface area contributed by atoms with E-state index in [9.17, 15) is 13.2 Å². The number of carbonyl (C=O) groups is 1. The van der Waals surface area contributed by atoms with Crippen LogP contribution in [0.3, 0.4) is 0 Å². The molecule has 7 nitrogen and oxygen atoms in total. The van der Waals surface area contributed by atoms with Crippen molar-refractivity contribution in [3.05, 3.63) is 29.8 Å². The lowest BCUT2D eigenvalue weighted by Gasteiger charge is -2.32. The van der Waals surface area contributed by atoms with E-state index in [1.807, 2.05) is 4.90 Å². The predicted molar refractivity (Wildman–Crippen MR) is 98.5 cm³/mol. The van der Waals surface area contributed by atoms with Gasteiger partial charge in [0.2, 0.25) is 10.0 Å². The molecule has 2 saturated heterocycles. The van der Waals surface area contributed by atoms with Crippen molar-refractivity contribution in [1.82, 2.24) is 19.8 Å². The molecule has 0 aromatic heterocycles. The number of carbonyl (C=O) groups excluding carboxylic acids is 1. The molecule has 142 valence electrons. The van der Waals surface area contributed by atoms with Crippen molar-refractivity contribution in [2.75, 3.05) is 39.3 Å². The van der Waals surface area contributed by atoms with E-state index in [1.54, 1.807) is 18.2 Å². The minimum absolute atomic E-state index is 0.0535. The van der Waals surface area contributed by atoms with Gasteiger partial charge >= 0.3 is 0 Å². The lowest BCUT2D eigenvalue weighted by Crippen LogP contribution is -2.49. The average molecular weight is 378 g/mol. The largest absolute Gasteiger partial charge is 0.337 e. The van der Waals surface area contributed by atoms with E-state index < -0.39 is 10.0 Å². The van der Waals surface area contributed by atoms with Crippen molar-refractivity contribution in [2.45, 2.75) is 36.2 Å². The normalized spacial score (nSPS) is 24.8. The van der Waals surface area contributed by atoms with E-state index in [0.29, 0.717) is 11.6 Å². The molecule has 0 spiro atoms. The maximum Gasteiger partial charge on any atom is 0.253 e. The molecule has 2 aliphatic heterocycles. The molecule has 8 heteroatoms. The first-order valence-corrected chi connectivity index (χ1v) is 10.9. The molecule has 3 aliphatic rings. The second kappa shape index (κ2) is 7.26. The summed E-state index contributed by atoms with van der Waals surface area (Å²) in [5.74, 6) is -0.0777. The van der Waals surface area contributed by atoms with Crippen molar-refractivity contribution in [3.8, 4) is 0 Å². The summed E-state index contributed by atoms with van der Waals surface area (Å²) in [6.45, 7) is 5.48. The highest BCUT2D eigenvalue weighted by Gasteiger charge is 2.32.